The van der Waals surface area contributed by atoms with E-state index in [4.69, 9.17) is 99.2 Å². The Balaban J connectivity index is 1.48. The summed E-state index contributed by atoms with van der Waals surface area (Å²) >= 11 is 0. The van der Waals surface area contributed by atoms with Gasteiger partial charge >= 0.3 is 0 Å². The summed E-state index contributed by atoms with van der Waals surface area (Å²) in [6.07, 6.45) is 53.2. The van der Waals surface area contributed by atoms with Crippen molar-refractivity contribution in [2.75, 3.05) is 52.9 Å². The Bertz CT molecular complexity index is 3490. The van der Waals surface area contributed by atoms with Crippen LogP contribution >= 0.6 is 0 Å². The number of fused-ring (bicyclic) bond motifs is 8. The maximum absolute atomic E-state index is 6.04. The molecule has 12 heteroatoms. The number of benzene rings is 4. The van der Waals surface area contributed by atoms with E-state index in [0.29, 0.717) is 135 Å². The summed E-state index contributed by atoms with van der Waals surface area (Å²) < 4.78 is 48.3. The third kappa shape index (κ3) is 12.2. The van der Waals surface area contributed by atoms with Gasteiger partial charge in [-0.3, -0.25) is 0 Å². The fourth-order valence-electron chi connectivity index (χ4n) is 8.95. The zero-order chi connectivity index (χ0) is 55.8. The van der Waals surface area contributed by atoms with Gasteiger partial charge in [0.1, 0.15) is 98.9 Å². The van der Waals surface area contributed by atoms with Crippen molar-refractivity contribution in [3.05, 3.63) is 120 Å². The summed E-state index contributed by atoms with van der Waals surface area (Å²) in [4.78, 5) is 18.4. The fraction of sp³-hybridized carbons (Fsp3) is 0.118. The van der Waals surface area contributed by atoms with Gasteiger partial charge in [0.15, 0.2) is 0 Å². The Hall–Kier alpha value is -11.6. The highest BCUT2D eigenvalue weighted by molar-refractivity contribution is 6.00. The largest absolute Gasteiger partial charge is 0.481 e. The number of H-pyrrole nitrogens is 2. The van der Waals surface area contributed by atoms with Crippen LogP contribution < -0.4 is 37.9 Å². The van der Waals surface area contributed by atoms with E-state index in [1.54, 1.807) is 24.3 Å². The van der Waals surface area contributed by atoms with Gasteiger partial charge in [-0.15, -0.1) is 51.4 Å². The van der Waals surface area contributed by atoms with E-state index in [0.717, 1.165) is 0 Å². The SMILES string of the molecule is C#CCOc1cc(OCC#C)cc(-c2c3nc(c(-c4cc(OCC#C)cc(OCC#C)c4)c4ccc([nH]4)c(-c4cc(OCC#C)cc(OCC#C)c4)c4nc(c(-c5cc(OCC#C)cc(OCC#C)c5)c5ccc2[nH]5)C=C4)C=C3)c1. The van der Waals surface area contributed by atoms with E-state index in [1.165, 1.54) is 0 Å². The predicted molar refractivity (Wildman–Crippen MR) is 315 cm³/mol. The van der Waals surface area contributed by atoms with Crippen molar-refractivity contribution in [2.24, 2.45) is 0 Å². The zero-order valence-electron chi connectivity index (χ0n) is 43.0. The average Bonchev–Trinajstić information content (AvgIpc) is 4.42. The molecule has 0 saturated carbocycles. The highest BCUT2D eigenvalue weighted by Gasteiger charge is 2.22. The van der Waals surface area contributed by atoms with Crippen LogP contribution in [0.4, 0.5) is 0 Å². The summed E-state index contributed by atoms with van der Waals surface area (Å²) in [5, 5.41) is 0. The summed E-state index contributed by atoms with van der Waals surface area (Å²) in [7, 11) is 0. The molecule has 5 heterocycles. The number of ether oxygens (including phenoxy) is 8. The second kappa shape index (κ2) is 25.3. The summed E-state index contributed by atoms with van der Waals surface area (Å²) in [5.74, 6) is 23.8. The summed E-state index contributed by atoms with van der Waals surface area (Å²) in [5.41, 5.74) is 9.89. The Morgan fingerprint density at radius 3 is 0.613 bits per heavy atom. The Morgan fingerprint density at radius 1 is 0.275 bits per heavy atom. The van der Waals surface area contributed by atoms with Crippen LogP contribution in [0.1, 0.15) is 22.8 Å². The van der Waals surface area contributed by atoms with E-state index >= 15 is 0 Å². The van der Waals surface area contributed by atoms with Crippen LogP contribution in [0.2, 0.25) is 0 Å². The molecule has 9 rings (SSSR count). The molecular weight excluding hydrogens is 1000 g/mol. The van der Waals surface area contributed by atoms with Crippen molar-refractivity contribution < 1.29 is 37.9 Å². The second-order valence-electron chi connectivity index (χ2n) is 17.2. The van der Waals surface area contributed by atoms with Crippen LogP contribution in [0.3, 0.4) is 0 Å². The number of hydrogen-bond donors (Lipinski definition) is 2. The number of terminal acetylenes is 8. The molecule has 7 aromatic rings. The highest BCUT2D eigenvalue weighted by atomic mass is 16.5. The Labute approximate surface area is 464 Å². The van der Waals surface area contributed by atoms with Crippen LogP contribution in [-0.2, 0) is 0 Å². The van der Waals surface area contributed by atoms with Crippen LogP contribution in [-0.4, -0.2) is 72.8 Å². The van der Waals surface area contributed by atoms with E-state index in [-0.39, 0.29) is 52.9 Å². The molecule has 8 bridgehead atoms. The third-order valence-electron chi connectivity index (χ3n) is 12.0. The lowest BCUT2D eigenvalue weighted by atomic mass is 10.0. The van der Waals surface area contributed by atoms with Crippen molar-refractivity contribution in [1.29, 1.82) is 0 Å². The lowest BCUT2D eigenvalue weighted by Gasteiger charge is -2.13. The van der Waals surface area contributed by atoms with Gasteiger partial charge in [-0.25, -0.2) is 9.97 Å². The third-order valence-corrected chi connectivity index (χ3v) is 12.0. The second-order valence-corrected chi connectivity index (χ2v) is 17.2. The minimum atomic E-state index is -0.0125. The van der Waals surface area contributed by atoms with Gasteiger partial charge in [-0.05, 0) is 119 Å². The topological polar surface area (TPSA) is 131 Å². The van der Waals surface area contributed by atoms with Crippen LogP contribution in [0.25, 0.3) is 90.9 Å². The molecule has 3 aromatic heterocycles. The van der Waals surface area contributed by atoms with Crippen molar-refractivity contribution in [2.45, 2.75) is 0 Å². The van der Waals surface area contributed by atoms with Gasteiger partial charge in [-0.1, -0.05) is 47.4 Å². The van der Waals surface area contributed by atoms with Crippen molar-refractivity contribution in [3.63, 3.8) is 0 Å². The van der Waals surface area contributed by atoms with Gasteiger partial charge in [0.2, 0.25) is 0 Å². The molecule has 0 amide bonds. The molecule has 2 N–H and O–H groups in total. The normalized spacial score (nSPS) is 10.7. The maximum atomic E-state index is 6.04. The van der Waals surface area contributed by atoms with Crippen LogP contribution in [0.5, 0.6) is 46.0 Å². The van der Waals surface area contributed by atoms with Crippen molar-refractivity contribution >= 4 is 46.4 Å². The van der Waals surface area contributed by atoms with E-state index < -0.39 is 0 Å². The minimum Gasteiger partial charge on any atom is -0.481 e. The predicted octanol–water partition coefficient (Wildman–Crippen LogP) is 11.4. The summed E-state index contributed by atoms with van der Waals surface area (Å²) in [6.45, 7) is -0.100. The number of aromatic amines is 2. The number of nitrogens with zero attached hydrogens (tertiary/aromatic N) is 2. The first kappa shape index (κ1) is 53.2. The molecule has 2 aliphatic rings. The number of rotatable bonds is 20. The van der Waals surface area contributed by atoms with Crippen molar-refractivity contribution in [1.82, 2.24) is 19.9 Å². The van der Waals surface area contributed by atoms with Crippen LogP contribution in [0, 0.1) is 98.8 Å². The minimum absolute atomic E-state index is 0.0125. The number of nitrogens with one attached hydrogen (secondary N) is 2. The summed E-state index contributed by atoms with van der Waals surface area (Å²) in [6, 6.07) is 29.5. The quantitative estimate of drug-likeness (QED) is 0.0711. The molecule has 0 aliphatic carbocycles. The molecule has 0 atom stereocenters. The van der Waals surface area contributed by atoms with E-state index in [1.807, 2.05) is 97.1 Å². The molecule has 0 spiro atoms. The molecule has 0 fully saturated rings. The van der Waals surface area contributed by atoms with Gasteiger partial charge in [0, 0.05) is 68.6 Å². The average molecular weight is 1050 g/mol. The molecule has 12 nitrogen and oxygen atoms in total. The number of hydrogen-bond acceptors (Lipinski definition) is 10. The van der Waals surface area contributed by atoms with Gasteiger partial charge in [-0.2, -0.15) is 0 Å². The smallest absolute Gasteiger partial charge is 0.148 e. The lowest BCUT2D eigenvalue weighted by molar-refractivity contribution is 0.352. The first-order valence-corrected chi connectivity index (χ1v) is 24.5. The van der Waals surface area contributed by atoms with E-state index in [2.05, 4.69) is 57.3 Å². The first-order valence-electron chi connectivity index (χ1n) is 24.5. The standard InChI is InChI=1S/C68H46N4O8/c1-9-25-73-49-33-45(34-50(41-49)74-26-10-2)65-57-17-19-59(69-57)66(46-35-51(75-27-11-3)42-52(36-46)76-28-12-4)61-21-23-63(71-61)68(48-39-55(79-31-15-7)44-56(40-48)80-32-16-8)64-24-22-62(72-64)67(60-20-18-58(65)70-60)47-37-53(77-29-13-5)43-54(38-47)78-30-14-6/h1-8,17-24,33-44,69,72H,25-32H2. The lowest BCUT2D eigenvalue weighted by Crippen LogP contribution is -1.99. The van der Waals surface area contributed by atoms with Crippen molar-refractivity contribution in [3.8, 4) is 189 Å². The Morgan fingerprint density at radius 2 is 0.450 bits per heavy atom. The molecule has 4 aromatic carbocycles. The maximum Gasteiger partial charge on any atom is 0.148 e. The molecular formula is C68H46N4O8. The molecule has 0 unspecified atom stereocenters. The molecule has 80 heavy (non-hydrogen) atoms. The van der Waals surface area contributed by atoms with Gasteiger partial charge in [0.05, 0.1) is 22.8 Å². The molecule has 2 aliphatic heterocycles. The molecule has 0 saturated heterocycles. The van der Waals surface area contributed by atoms with Gasteiger partial charge in [0.25, 0.3) is 0 Å². The molecule has 0 radical (unpaired) electrons. The first-order chi connectivity index (χ1) is 39.3. The zero-order valence-corrected chi connectivity index (χ0v) is 43.0. The van der Waals surface area contributed by atoms with Crippen LogP contribution in [0.15, 0.2) is 97.1 Å². The van der Waals surface area contributed by atoms with E-state index in [9.17, 15) is 0 Å². The Kier molecular flexibility index (Phi) is 16.8. The van der Waals surface area contributed by atoms with Gasteiger partial charge < -0.3 is 47.9 Å². The monoisotopic (exact) mass is 1050 g/mol. The number of aromatic nitrogens is 4. The highest BCUT2D eigenvalue weighted by Crippen LogP contribution is 2.43. The molecule has 386 valence electrons. The fourth-order valence-corrected chi connectivity index (χ4v) is 8.95.